The molecule has 1 aromatic carbocycles. The van der Waals surface area contributed by atoms with Gasteiger partial charge in [-0.05, 0) is 43.4 Å². The van der Waals surface area contributed by atoms with E-state index < -0.39 is 0 Å². The summed E-state index contributed by atoms with van der Waals surface area (Å²) in [6.45, 7) is 1.00. The molecule has 0 radical (unpaired) electrons. The van der Waals surface area contributed by atoms with E-state index in [4.69, 9.17) is 23.2 Å². The lowest BCUT2D eigenvalue weighted by Gasteiger charge is -2.18. The third kappa shape index (κ3) is 3.16. The second-order valence-corrected chi connectivity index (χ2v) is 4.97. The van der Waals surface area contributed by atoms with Gasteiger partial charge in [0.2, 0.25) is 0 Å². The maximum absolute atomic E-state index is 5.95. The van der Waals surface area contributed by atoms with Crippen molar-refractivity contribution in [2.75, 3.05) is 11.9 Å². The highest BCUT2D eigenvalue weighted by molar-refractivity contribution is 6.42. The third-order valence-electron chi connectivity index (χ3n) is 2.89. The van der Waals surface area contributed by atoms with Gasteiger partial charge in [-0.25, -0.2) is 0 Å². The Morgan fingerprint density at radius 3 is 2.75 bits per heavy atom. The molecule has 16 heavy (non-hydrogen) atoms. The molecule has 0 aliphatic heterocycles. The number of halogens is 2. The van der Waals surface area contributed by atoms with Crippen molar-refractivity contribution < 1.29 is 0 Å². The topological polar surface area (TPSA) is 12.0 Å². The van der Waals surface area contributed by atoms with Crippen molar-refractivity contribution in [3.8, 4) is 0 Å². The number of benzene rings is 1. The predicted molar refractivity (Wildman–Crippen MR) is 71.4 cm³/mol. The van der Waals surface area contributed by atoms with Crippen LogP contribution in [0.25, 0.3) is 0 Å². The summed E-state index contributed by atoms with van der Waals surface area (Å²) in [4.78, 5) is 0. The Kier molecular flexibility index (Phi) is 4.14. The molecule has 0 spiro atoms. The van der Waals surface area contributed by atoms with Crippen LogP contribution in [0.5, 0.6) is 0 Å². The lowest BCUT2D eigenvalue weighted by Crippen LogP contribution is -2.15. The smallest absolute Gasteiger partial charge is 0.0612 e. The van der Waals surface area contributed by atoms with Gasteiger partial charge in [0.15, 0.2) is 0 Å². The van der Waals surface area contributed by atoms with Gasteiger partial charge in [-0.2, -0.15) is 0 Å². The van der Waals surface area contributed by atoms with Crippen LogP contribution in [0.4, 0.5) is 5.69 Å². The lowest BCUT2D eigenvalue weighted by molar-refractivity contribution is 0.504. The van der Waals surface area contributed by atoms with E-state index in [9.17, 15) is 0 Å². The van der Waals surface area contributed by atoms with Crippen molar-refractivity contribution >= 4 is 28.9 Å². The SMILES string of the molecule is Clc1ccc(NCC2CC=CCC2)cc1Cl. The van der Waals surface area contributed by atoms with E-state index in [1.165, 1.54) is 19.3 Å². The molecule has 1 aromatic rings. The first kappa shape index (κ1) is 11.8. The van der Waals surface area contributed by atoms with Gasteiger partial charge in [0.25, 0.3) is 0 Å². The van der Waals surface area contributed by atoms with E-state index >= 15 is 0 Å². The van der Waals surface area contributed by atoms with Crippen molar-refractivity contribution in [1.29, 1.82) is 0 Å². The molecule has 1 nitrogen and oxygen atoms in total. The number of nitrogens with one attached hydrogen (secondary N) is 1. The first-order valence-electron chi connectivity index (χ1n) is 5.59. The van der Waals surface area contributed by atoms with Crippen LogP contribution in [0.15, 0.2) is 30.4 Å². The molecule has 1 aliphatic rings. The van der Waals surface area contributed by atoms with Crippen LogP contribution in [0.2, 0.25) is 10.0 Å². The summed E-state index contributed by atoms with van der Waals surface area (Å²) < 4.78 is 0. The molecular weight excluding hydrogens is 241 g/mol. The summed E-state index contributed by atoms with van der Waals surface area (Å²) in [5, 5.41) is 4.62. The van der Waals surface area contributed by atoms with Crippen molar-refractivity contribution in [3.63, 3.8) is 0 Å². The highest BCUT2D eigenvalue weighted by Gasteiger charge is 2.09. The number of rotatable bonds is 3. The highest BCUT2D eigenvalue weighted by atomic mass is 35.5. The second kappa shape index (κ2) is 5.60. The standard InChI is InChI=1S/C13H15Cl2N/c14-12-7-6-11(8-13(12)15)16-9-10-4-2-1-3-5-10/h1-2,6-8,10,16H,3-5,9H2. The minimum Gasteiger partial charge on any atom is -0.385 e. The number of anilines is 1. The van der Waals surface area contributed by atoms with Gasteiger partial charge in [0.05, 0.1) is 10.0 Å². The molecule has 86 valence electrons. The largest absolute Gasteiger partial charge is 0.385 e. The van der Waals surface area contributed by atoms with Gasteiger partial charge in [-0.15, -0.1) is 0 Å². The van der Waals surface area contributed by atoms with E-state index in [0.29, 0.717) is 10.0 Å². The maximum atomic E-state index is 5.95. The van der Waals surface area contributed by atoms with Gasteiger partial charge in [-0.1, -0.05) is 35.4 Å². The molecule has 1 aliphatic carbocycles. The zero-order chi connectivity index (χ0) is 11.4. The minimum atomic E-state index is 0.604. The molecule has 0 aromatic heterocycles. The Morgan fingerprint density at radius 1 is 1.19 bits per heavy atom. The normalized spacial score (nSPS) is 19.8. The van der Waals surface area contributed by atoms with Crippen molar-refractivity contribution in [2.45, 2.75) is 19.3 Å². The minimum absolute atomic E-state index is 0.604. The molecule has 3 heteroatoms. The molecule has 0 saturated heterocycles. The Labute approximate surface area is 106 Å². The van der Waals surface area contributed by atoms with Gasteiger partial charge in [0, 0.05) is 12.2 Å². The van der Waals surface area contributed by atoms with E-state index in [0.717, 1.165) is 18.2 Å². The number of hydrogen-bond donors (Lipinski definition) is 1. The first-order chi connectivity index (χ1) is 7.75. The molecular formula is C13H15Cl2N. The molecule has 1 N–H and O–H groups in total. The van der Waals surface area contributed by atoms with Crippen LogP contribution >= 0.6 is 23.2 Å². The van der Waals surface area contributed by atoms with E-state index in [2.05, 4.69) is 17.5 Å². The van der Waals surface area contributed by atoms with Crippen molar-refractivity contribution in [2.24, 2.45) is 5.92 Å². The van der Waals surface area contributed by atoms with Crippen LogP contribution in [-0.4, -0.2) is 6.54 Å². The van der Waals surface area contributed by atoms with E-state index in [-0.39, 0.29) is 0 Å². The maximum Gasteiger partial charge on any atom is 0.0612 e. The van der Waals surface area contributed by atoms with Gasteiger partial charge in [-0.3, -0.25) is 0 Å². The fourth-order valence-electron chi connectivity index (χ4n) is 1.91. The summed E-state index contributed by atoms with van der Waals surface area (Å²) in [6, 6.07) is 5.67. The Bertz CT molecular complexity index is 388. The summed E-state index contributed by atoms with van der Waals surface area (Å²) in [7, 11) is 0. The quantitative estimate of drug-likeness (QED) is 0.768. The molecule has 0 heterocycles. The fourth-order valence-corrected chi connectivity index (χ4v) is 2.21. The Hall–Kier alpha value is -0.660. The Morgan fingerprint density at radius 2 is 2.06 bits per heavy atom. The van der Waals surface area contributed by atoms with Crippen molar-refractivity contribution in [1.82, 2.24) is 0 Å². The molecule has 0 amide bonds. The average Bonchev–Trinajstić information content (AvgIpc) is 2.32. The van der Waals surface area contributed by atoms with Gasteiger partial charge < -0.3 is 5.32 Å². The van der Waals surface area contributed by atoms with E-state index in [1.54, 1.807) is 0 Å². The Balaban J connectivity index is 1.89. The molecule has 0 bridgehead atoms. The zero-order valence-electron chi connectivity index (χ0n) is 9.05. The fraction of sp³-hybridized carbons (Fsp3) is 0.385. The van der Waals surface area contributed by atoms with Gasteiger partial charge in [0.1, 0.15) is 0 Å². The summed E-state index contributed by atoms with van der Waals surface area (Å²) in [5.74, 6) is 0.736. The monoisotopic (exact) mass is 255 g/mol. The molecule has 0 fully saturated rings. The van der Waals surface area contributed by atoms with E-state index in [1.807, 2.05) is 18.2 Å². The molecule has 2 rings (SSSR count). The van der Waals surface area contributed by atoms with Crippen LogP contribution in [0.1, 0.15) is 19.3 Å². The zero-order valence-corrected chi connectivity index (χ0v) is 10.6. The lowest BCUT2D eigenvalue weighted by atomic mass is 9.94. The van der Waals surface area contributed by atoms with Crippen LogP contribution in [0.3, 0.4) is 0 Å². The predicted octanol–water partition coefficient (Wildman–Crippen LogP) is 4.76. The summed E-state index contributed by atoms with van der Waals surface area (Å²) in [5.41, 5.74) is 1.05. The first-order valence-corrected chi connectivity index (χ1v) is 6.35. The summed E-state index contributed by atoms with van der Waals surface area (Å²) in [6.07, 6.45) is 8.17. The number of hydrogen-bond acceptors (Lipinski definition) is 1. The second-order valence-electron chi connectivity index (χ2n) is 4.16. The van der Waals surface area contributed by atoms with Crippen LogP contribution in [-0.2, 0) is 0 Å². The average molecular weight is 256 g/mol. The third-order valence-corrected chi connectivity index (χ3v) is 3.63. The van der Waals surface area contributed by atoms with Crippen LogP contribution < -0.4 is 5.32 Å². The molecule has 1 atom stereocenters. The number of allylic oxidation sites excluding steroid dienone is 2. The summed E-state index contributed by atoms with van der Waals surface area (Å²) >= 11 is 11.8. The van der Waals surface area contributed by atoms with Gasteiger partial charge >= 0.3 is 0 Å². The molecule has 1 unspecified atom stereocenters. The highest BCUT2D eigenvalue weighted by Crippen LogP contribution is 2.26. The van der Waals surface area contributed by atoms with Crippen LogP contribution in [0, 0.1) is 5.92 Å². The van der Waals surface area contributed by atoms with Crippen molar-refractivity contribution in [3.05, 3.63) is 40.4 Å². The molecule has 0 saturated carbocycles.